The van der Waals surface area contributed by atoms with Crippen LogP contribution in [0.5, 0.6) is 11.5 Å². The van der Waals surface area contributed by atoms with Crippen LogP contribution in [0.2, 0.25) is 0 Å². The second-order valence-electron chi connectivity index (χ2n) is 6.28. The Morgan fingerprint density at radius 3 is 1.31 bits per heavy atom. The van der Waals surface area contributed by atoms with Crippen molar-refractivity contribution in [3.63, 3.8) is 0 Å². The molecule has 19 heteroatoms. The van der Waals surface area contributed by atoms with Gasteiger partial charge in [-0.3, -0.25) is 9.59 Å². The van der Waals surface area contributed by atoms with Crippen LogP contribution >= 0.6 is 0 Å². The van der Waals surface area contributed by atoms with Gasteiger partial charge in [0.05, 0.1) is 19.9 Å². The Labute approximate surface area is 184 Å². The summed E-state index contributed by atoms with van der Waals surface area (Å²) in [6, 6.07) is 0.881. The lowest BCUT2D eigenvalue weighted by Gasteiger charge is -2.34. The molecule has 2 amide bonds. The molecule has 0 radical (unpaired) electrons. The van der Waals surface area contributed by atoms with Crippen LogP contribution in [-0.4, -0.2) is 62.1 Å². The average Bonchev–Trinajstić information content (AvgIpc) is 2.71. The van der Waals surface area contributed by atoms with Gasteiger partial charge >= 0.3 is 47.9 Å². The zero-order chi connectivity index (χ0) is 28.0. The van der Waals surface area contributed by atoms with E-state index in [9.17, 15) is 71.1 Å². The van der Waals surface area contributed by atoms with E-state index in [0.29, 0.717) is 19.2 Å². The molecule has 0 aromatic heterocycles. The Kier molecular flexibility index (Phi) is 7.62. The van der Waals surface area contributed by atoms with Crippen LogP contribution in [0, 0.1) is 0 Å². The van der Waals surface area contributed by atoms with Gasteiger partial charge in [-0.25, -0.2) is 4.90 Å². The number of amides is 2. The first-order valence-electron chi connectivity index (χ1n) is 8.19. The van der Waals surface area contributed by atoms with Crippen molar-refractivity contribution >= 4 is 17.5 Å². The van der Waals surface area contributed by atoms with Gasteiger partial charge in [0.2, 0.25) is 0 Å². The molecule has 0 unspecified atom stereocenters. The first-order valence-corrected chi connectivity index (χ1v) is 8.19. The highest BCUT2D eigenvalue weighted by Crippen LogP contribution is 2.51. The SMILES string of the molecule is COc1ccc(N(C(=O)C(F)(F)C(F)(F)C(F)(F)F)C(=O)C(F)(F)C(F)(F)C(F)(F)F)c(OC)c1. The third-order valence-electron chi connectivity index (χ3n) is 4.07. The molecule has 1 rings (SSSR count). The molecule has 0 N–H and O–H groups in total. The minimum atomic E-state index is -7.42. The summed E-state index contributed by atoms with van der Waals surface area (Å²) in [7, 11) is 1.40. The third-order valence-corrected chi connectivity index (χ3v) is 4.07. The van der Waals surface area contributed by atoms with Gasteiger partial charge in [0.15, 0.2) is 0 Å². The van der Waals surface area contributed by atoms with E-state index in [2.05, 4.69) is 9.47 Å². The minimum Gasteiger partial charge on any atom is -0.497 e. The summed E-state index contributed by atoms with van der Waals surface area (Å²) in [5.41, 5.74) is -1.93. The first-order chi connectivity index (χ1) is 15.4. The molecule has 0 atom stereocenters. The fourth-order valence-corrected chi connectivity index (χ4v) is 2.19. The molecule has 1 aromatic rings. The molecule has 0 aliphatic carbocycles. The molecule has 200 valence electrons. The molecule has 0 aliphatic rings. The smallest absolute Gasteiger partial charge is 0.460 e. The number of methoxy groups -OCH3 is 2. The molecule has 1 aromatic carbocycles. The van der Waals surface area contributed by atoms with E-state index in [-0.39, 0.29) is 6.07 Å². The van der Waals surface area contributed by atoms with Crippen LogP contribution < -0.4 is 14.4 Å². The maximum Gasteiger partial charge on any atom is 0.460 e. The largest absolute Gasteiger partial charge is 0.497 e. The predicted molar refractivity (Wildman–Crippen MR) is 83.9 cm³/mol. The lowest BCUT2D eigenvalue weighted by Crippen LogP contribution is -2.66. The van der Waals surface area contributed by atoms with Crippen LogP contribution in [0.3, 0.4) is 0 Å². The summed E-state index contributed by atoms with van der Waals surface area (Å²) in [5, 5.41) is 0. The van der Waals surface area contributed by atoms with Gasteiger partial charge in [0.25, 0.3) is 0 Å². The molecule has 0 fully saturated rings. The summed E-state index contributed by atoms with van der Waals surface area (Å²) in [5.74, 6) is -39.4. The third kappa shape index (κ3) is 4.75. The van der Waals surface area contributed by atoms with E-state index >= 15 is 0 Å². The number of carbonyl (C=O) groups is 2. The van der Waals surface area contributed by atoms with Crippen molar-refractivity contribution in [3.05, 3.63) is 18.2 Å². The van der Waals surface area contributed by atoms with Crippen LogP contribution in [-0.2, 0) is 9.59 Å². The van der Waals surface area contributed by atoms with Crippen molar-refractivity contribution in [1.29, 1.82) is 0 Å². The van der Waals surface area contributed by atoms with Crippen molar-refractivity contribution in [2.45, 2.75) is 36.0 Å². The Hall–Kier alpha value is -3.02. The highest BCUT2D eigenvalue weighted by atomic mass is 19.4. The van der Waals surface area contributed by atoms with E-state index in [1.165, 1.54) is 0 Å². The second-order valence-corrected chi connectivity index (χ2v) is 6.28. The van der Waals surface area contributed by atoms with E-state index in [4.69, 9.17) is 0 Å². The van der Waals surface area contributed by atoms with Crippen LogP contribution in [0.15, 0.2) is 18.2 Å². The van der Waals surface area contributed by atoms with Gasteiger partial charge in [0.1, 0.15) is 11.5 Å². The number of nitrogens with zero attached hydrogens (tertiary/aromatic N) is 1. The molecular formula is C16H9F14NO4. The second kappa shape index (κ2) is 8.89. The Balaban J connectivity index is 3.97. The molecular weight excluding hydrogens is 536 g/mol. The molecule has 0 heterocycles. The Bertz CT molecular complexity index is 920. The fraction of sp³-hybridized carbons (Fsp3) is 0.500. The van der Waals surface area contributed by atoms with Gasteiger partial charge in [-0.2, -0.15) is 61.5 Å². The molecule has 5 nitrogen and oxygen atoms in total. The Morgan fingerprint density at radius 2 is 1.03 bits per heavy atom. The molecule has 0 saturated carbocycles. The van der Waals surface area contributed by atoms with Gasteiger partial charge in [0, 0.05) is 6.07 Å². The molecule has 0 spiro atoms. The number of rotatable bonds is 7. The predicted octanol–water partition coefficient (Wildman–Crippen LogP) is 5.23. The molecule has 0 saturated heterocycles. The summed E-state index contributed by atoms with van der Waals surface area (Å²) < 4.78 is 193. The van der Waals surface area contributed by atoms with Gasteiger partial charge in [-0.05, 0) is 12.1 Å². The highest BCUT2D eigenvalue weighted by Gasteiger charge is 2.80. The van der Waals surface area contributed by atoms with Crippen molar-refractivity contribution < 1.29 is 80.5 Å². The monoisotopic (exact) mass is 545 g/mol. The van der Waals surface area contributed by atoms with Crippen LogP contribution in [0.25, 0.3) is 0 Å². The van der Waals surface area contributed by atoms with Crippen LogP contribution in [0.1, 0.15) is 0 Å². The standard InChI is InChI=1S/C16H9F14NO4/c1-34-6-3-4-7(8(5-6)35-2)31(9(32)11(17,18)13(21,22)15(25,26)27)10(33)12(19,20)14(23,24)16(28,29)30/h3-5H,1-2H3. The zero-order valence-corrected chi connectivity index (χ0v) is 16.6. The molecule has 0 bridgehead atoms. The number of imide groups is 1. The Morgan fingerprint density at radius 1 is 0.657 bits per heavy atom. The topological polar surface area (TPSA) is 55.8 Å². The van der Waals surface area contributed by atoms with Crippen molar-refractivity contribution in [1.82, 2.24) is 0 Å². The van der Waals surface area contributed by atoms with Crippen molar-refractivity contribution in [3.8, 4) is 11.5 Å². The maximum atomic E-state index is 14.0. The lowest BCUT2D eigenvalue weighted by atomic mass is 10.1. The van der Waals surface area contributed by atoms with Crippen molar-refractivity contribution in [2.75, 3.05) is 19.1 Å². The van der Waals surface area contributed by atoms with Gasteiger partial charge in [-0.1, -0.05) is 0 Å². The number of ether oxygens (including phenoxy) is 2. The number of hydrogen-bond donors (Lipinski definition) is 0. The fourth-order valence-electron chi connectivity index (χ4n) is 2.19. The lowest BCUT2D eigenvalue weighted by molar-refractivity contribution is -0.345. The summed E-state index contributed by atoms with van der Waals surface area (Å²) in [6.45, 7) is 0. The highest BCUT2D eigenvalue weighted by molar-refractivity contribution is 6.20. The van der Waals surface area contributed by atoms with Crippen molar-refractivity contribution in [2.24, 2.45) is 0 Å². The zero-order valence-electron chi connectivity index (χ0n) is 16.6. The number of anilines is 1. The molecule has 35 heavy (non-hydrogen) atoms. The maximum absolute atomic E-state index is 14.0. The summed E-state index contributed by atoms with van der Waals surface area (Å²) in [4.78, 5) is 21.9. The first kappa shape index (κ1) is 30.0. The number of halogens is 14. The van der Waals surface area contributed by atoms with E-state index in [0.717, 1.165) is 7.11 Å². The minimum absolute atomic E-state index is 0.0249. The van der Waals surface area contributed by atoms with E-state index in [1.54, 1.807) is 0 Å². The number of alkyl halides is 14. The number of benzene rings is 1. The number of hydrogen-bond acceptors (Lipinski definition) is 4. The quantitative estimate of drug-likeness (QED) is 0.441. The number of carbonyl (C=O) groups excluding carboxylic acids is 2. The summed E-state index contributed by atoms with van der Waals surface area (Å²) >= 11 is 0. The summed E-state index contributed by atoms with van der Waals surface area (Å²) in [6.07, 6.45) is -14.6. The van der Waals surface area contributed by atoms with Crippen LogP contribution in [0.4, 0.5) is 67.2 Å². The average molecular weight is 545 g/mol. The van der Waals surface area contributed by atoms with E-state index in [1.807, 2.05) is 0 Å². The van der Waals surface area contributed by atoms with E-state index < -0.39 is 69.9 Å². The normalized spacial score (nSPS) is 13.9. The molecule has 0 aliphatic heterocycles. The van der Waals surface area contributed by atoms with Gasteiger partial charge in [-0.15, -0.1) is 0 Å². The van der Waals surface area contributed by atoms with Gasteiger partial charge < -0.3 is 9.47 Å².